The zero-order chi connectivity index (χ0) is 6.78. The molecule has 0 aliphatic heterocycles. The molecule has 0 saturated heterocycles. The molecule has 0 unspecified atom stereocenters. The lowest BCUT2D eigenvalue weighted by molar-refractivity contribution is 0.391. The van der Waals surface area contributed by atoms with Crippen LogP contribution in [-0.4, -0.2) is 20.8 Å². The smallest absolute Gasteiger partial charge is 0.269 e. The molecule has 4 heteroatoms. The van der Waals surface area contributed by atoms with Gasteiger partial charge in [0, 0.05) is 0 Å². The Balaban J connectivity index is -0.0000000408. The van der Waals surface area contributed by atoms with Gasteiger partial charge < -0.3 is 0 Å². The van der Waals surface area contributed by atoms with Crippen molar-refractivity contribution in [3.8, 4) is 0 Å². The average Bonchev–Trinajstić information content (AvgIpc) is 1.67. The van der Waals surface area contributed by atoms with E-state index in [0.717, 1.165) is 7.11 Å². The van der Waals surface area contributed by atoms with Crippen LogP contribution in [0, 0.1) is 0 Å². The van der Waals surface area contributed by atoms with Gasteiger partial charge >= 0.3 is 0 Å². The molecule has 0 saturated carbocycles. The van der Waals surface area contributed by atoms with Gasteiger partial charge in [0.1, 0.15) is 0 Å². The summed E-state index contributed by atoms with van der Waals surface area (Å²) in [6, 6.07) is 0. The van der Waals surface area contributed by atoms with Crippen LogP contribution in [0.3, 0.4) is 0 Å². The first kappa shape index (κ1) is 29.7. The monoisotopic (exact) mass is 202 g/mol. The van der Waals surface area contributed by atoms with Crippen LogP contribution in [0.15, 0.2) is 0 Å². The Hall–Kier alpha value is -0.0900. The van der Waals surface area contributed by atoms with Crippen LogP contribution in [-0.2, 0) is 14.3 Å². The lowest BCUT2D eigenvalue weighted by atomic mass is 10.6. The molecule has 0 heterocycles. The molecule has 0 aromatic rings. The summed E-state index contributed by atoms with van der Waals surface area (Å²) < 4.78 is 25.1. The second-order valence-corrected chi connectivity index (χ2v) is 3.97. The van der Waals surface area contributed by atoms with Crippen molar-refractivity contribution in [3.05, 3.63) is 0 Å². The fourth-order valence-electron chi connectivity index (χ4n) is 0.192. The number of rotatable bonds is 2. The second-order valence-electron chi connectivity index (χ2n) is 1.71. The highest BCUT2D eigenvalue weighted by Gasteiger charge is 2.12. The van der Waals surface area contributed by atoms with Crippen molar-refractivity contribution in [3.63, 3.8) is 0 Å². The molecule has 3 nitrogen and oxygen atoms in total. The molecule has 0 aliphatic rings. The highest BCUT2D eigenvalue weighted by molar-refractivity contribution is 7.87. The summed E-state index contributed by atoms with van der Waals surface area (Å²) in [5.41, 5.74) is 0. The molecular formula is C8H26O3S. The lowest BCUT2D eigenvalue weighted by Crippen LogP contribution is -2.14. The van der Waals surface area contributed by atoms with Crippen molar-refractivity contribution >= 4 is 10.1 Å². The second kappa shape index (κ2) is 10.9. The molecule has 0 radical (unpaired) electrons. The molecule has 0 spiro atoms. The van der Waals surface area contributed by atoms with Crippen molar-refractivity contribution in [1.29, 1.82) is 0 Å². The normalized spacial score (nSPS) is 8.33. The number of hydrogen-bond donors (Lipinski definition) is 0. The summed E-state index contributed by atoms with van der Waals surface area (Å²) in [6.07, 6.45) is 0. The van der Waals surface area contributed by atoms with E-state index in [1.807, 2.05) is 0 Å². The van der Waals surface area contributed by atoms with E-state index < -0.39 is 15.4 Å². The third-order valence-corrected chi connectivity index (χ3v) is 2.43. The third kappa shape index (κ3) is 9.91. The SMILES string of the molecule is C.C.C.C.COS(=O)(=O)C(C)C. The maximum absolute atomic E-state index is 10.5. The van der Waals surface area contributed by atoms with E-state index in [4.69, 9.17) is 0 Å². The summed E-state index contributed by atoms with van der Waals surface area (Å²) in [5.74, 6) is 0. The van der Waals surface area contributed by atoms with E-state index in [0.29, 0.717) is 0 Å². The van der Waals surface area contributed by atoms with E-state index in [9.17, 15) is 8.42 Å². The molecule has 0 aliphatic carbocycles. The largest absolute Gasteiger partial charge is 0.273 e. The Morgan fingerprint density at radius 1 is 1.00 bits per heavy atom. The summed E-state index contributed by atoms with van der Waals surface area (Å²) in [5, 5.41) is -0.438. The van der Waals surface area contributed by atoms with Crippen LogP contribution in [0.25, 0.3) is 0 Å². The van der Waals surface area contributed by atoms with Gasteiger partial charge in [-0.1, -0.05) is 29.7 Å². The molecule has 0 aromatic heterocycles. The fourth-order valence-corrected chi connectivity index (χ4v) is 0.577. The average molecular weight is 202 g/mol. The van der Waals surface area contributed by atoms with Gasteiger partial charge in [-0.05, 0) is 13.8 Å². The minimum atomic E-state index is -3.24. The Kier molecular flexibility index (Phi) is 27.0. The third-order valence-electron chi connectivity index (χ3n) is 0.810. The van der Waals surface area contributed by atoms with Gasteiger partial charge in [0.05, 0.1) is 12.4 Å². The van der Waals surface area contributed by atoms with Gasteiger partial charge in [-0.25, -0.2) is 0 Å². The van der Waals surface area contributed by atoms with E-state index in [2.05, 4.69) is 4.18 Å². The van der Waals surface area contributed by atoms with Crippen LogP contribution < -0.4 is 0 Å². The van der Waals surface area contributed by atoms with Gasteiger partial charge in [0.15, 0.2) is 0 Å². The van der Waals surface area contributed by atoms with E-state index in [1.54, 1.807) is 13.8 Å². The molecule has 0 rings (SSSR count). The van der Waals surface area contributed by atoms with Crippen molar-refractivity contribution in [2.45, 2.75) is 48.8 Å². The zero-order valence-electron chi connectivity index (χ0n) is 5.21. The van der Waals surface area contributed by atoms with Gasteiger partial charge in [-0.2, -0.15) is 8.42 Å². The Morgan fingerprint density at radius 3 is 1.25 bits per heavy atom. The topological polar surface area (TPSA) is 43.4 Å². The molecule has 12 heavy (non-hydrogen) atoms. The first-order valence-corrected chi connectivity index (χ1v) is 3.77. The zero-order valence-corrected chi connectivity index (χ0v) is 6.03. The van der Waals surface area contributed by atoms with Gasteiger partial charge in [0.25, 0.3) is 10.1 Å². The minimum absolute atomic E-state index is 0. The molecule has 0 fully saturated rings. The fraction of sp³-hybridized carbons (Fsp3) is 1.00. The quantitative estimate of drug-likeness (QED) is 0.647. The van der Waals surface area contributed by atoms with Crippen molar-refractivity contribution in [1.82, 2.24) is 0 Å². The summed E-state index contributed by atoms with van der Waals surface area (Å²) >= 11 is 0. The Morgan fingerprint density at radius 2 is 1.25 bits per heavy atom. The van der Waals surface area contributed by atoms with E-state index in [1.165, 1.54) is 0 Å². The van der Waals surface area contributed by atoms with Crippen LogP contribution in [0.1, 0.15) is 43.6 Å². The van der Waals surface area contributed by atoms with Gasteiger partial charge in [0.2, 0.25) is 0 Å². The lowest BCUT2D eigenvalue weighted by Gasteiger charge is -2.01. The summed E-state index contributed by atoms with van der Waals surface area (Å²) in [4.78, 5) is 0. The highest BCUT2D eigenvalue weighted by Crippen LogP contribution is 1.98. The molecule has 0 bridgehead atoms. The van der Waals surface area contributed by atoms with Crippen LogP contribution in [0.2, 0.25) is 0 Å². The molecular weight excluding hydrogens is 176 g/mol. The molecule has 0 amide bonds. The Bertz CT molecular complexity index is 148. The van der Waals surface area contributed by atoms with Crippen molar-refractivity contribution < 1.29 is 12.6 Å². The van der Waals surface area contributed by atoms with Crippen LogP contribution in [0.4, 0.5) is 0 Å². The predicted octanol–water partition coefficient (Wildman–Crippen LogP) is 2.92. The van der Waals surface area contributed by atoms with E-state index in [-0.39, 0.29) is 29.7 Å². The van der Waals surface area contributed by atoms with Crippen molar-refractivity contribution in [2.75, 3.05) is 7.11 Å². The molecule has 0 atom stereocenters. The van der Waals surface area contributed by atoms with Crippen LogP contribution in [0.5, 0.6) is 0 Å². The maximum atomic E-state index is 10.5. The predicted molar refractivity (Wildman–Crippen MR) is 58.0 cm³/mol. The summed E-state index contributed by atoms with van der Waals surface area (Å²) in [6.45, 7) is 3.14. The van der Waals surface area contributed by atoms with Gasteiger partial charge in [-0.15, -0.1) is 0 Å². The highest BCUT2D eigenvalue weighted by atomic mass is 32.2. The molecule has 0 aromatic carbocycles. The number of hydrogen-bond acceptors (Lipinski definition) is 3. The maximum Gasteiger partial charge on any atom is 0.269 e. The summed E-state index contributed by atoms with van der Waals surface area (Å²) in [7, 11) is -2.07. The standard InChI is InChI=1S/C4H10O3S.4CH4/c1-4(2)8(5,6)7-3;;;;/h4H,1-3H3;4*1H4. The van der Waals surface area contributed by atoms with Crippen molar-refractivity contribution in [2.24, 2.45) is 0 Å². The van der Waals surface area contributed by atoms with E-state index >= 15 is 0 Å². The van der Waals surface area contributed by atoms with Crippen LogP contribution >= 0.6 is 0 Å². The minimum Gasteiger partial charge on any atom is -0.273 e. The Labute approximate surface area is 79.3 Å². The first-order valence-electron chi connectivity index (χ1n) is 2.30. The first-order chi connectivity index (χ1) is 3.50. The van der Waals surface area contributed by atoms with Gasteiger partial charge in [-0.3, -0.25) is 4.18 Å². The molecule has 82 valence electrons. The molecule has 0 N–H and O–H groups in total.